The van der Waals surface area contributed by atoms with Gasteiger partial charge in [-0.15, -0.1) is 5.73 Å². The molecule has 4 nitrogen and oxygen atoms in total. The predicted molar refractivity (Wildman–Crippen MR) is 78.2 cm³/mol. The van der Waals surface area contributed by atoms with Crippen molar-refractivity contribution in [2.75, 3.05) is 19.8 Å². The molecule has 0 radical (unpaired) electrons. The average molecular weight is 290 g/mol. The van der Waals surface area contributed by atoms with E-state index in [-0.39, 0.29) is 6.61 Å². The minimum Gasteiger partial charge on any atom is -0.287 e. The van der Waals surface area contributed by atoms with Gasteiger partial charge in [-0.25, -0.2) is 4.57 Å². The highest BCUT2D eigenvalue weighted by molar-refractivity contribution is 7.48. The third-order valence-corrected chi connectivity index (χ3v) is 3.94. The van der Waals surface area contributed by atoms with Gasteiger partial charge in [0.15, 0.2) is 0 Å². The number of phosphoric ester groups is 1. The van der Waals surface area contributed by atoms with Crippen LogP contribution in [0.2, 0.25) is 0 Å². The molecule has 0 atom stereocenters. The normalized spacial score (nSPS) is 11.1. The standard InChI is InChI=1S/C14H27O4P/c1-4-7-8-9-10-11-12-13-14-18-19(15,16-5-2)17-6-3/h11,13H,4-10,14H2,1-3H3. The van der Waals surface area contributed by atoms with Crippen molar-refractivity contribution in [2.45, 2.75) is 52.9 Å². The largest absolute Gasteiger partial charge is 0.475 e. The van der Waals surface area contributed by atoms with E-state index in [2.05, 4.69) is 12.7 Å². The van der Waals surface area contributed by atoms with E-state index in [4.69, 9.17) is 13.6 Å². The van der Waals surface area contributed by atoms with Gasteiger partial charge < -0.3 is 0 Å². The van der Waals surface area contributed by atoms with Crippen LogP contribution in [0.3, 0.4) is 0 Å². The van der Waals surface area contributed by atoms with Crippen LogP contribution in [0.1, 0.15) is 52.9 Å². The maximum Gasteiger partial charge on any atom is 0.475 e. The molecule has 0 aliphatic heterocycles. The molecule has 0 aromatic carbocycles. The monoisotopic (exact) mass is 290 g/mol. The summed E-state index contributed by atoms with van der Waals surface area (Å²) in [7, 11) is -3.37. The lowest BCUT2D eigenvalue weighted by Gasteiger charge is -2.14. The van der Waals surface area contributed by atoms with Crippen LogP contribution >= 0.6 is 7.82 Å². The fraction of sp³-hybridized carbons (Fsp3) is 0.786. The Bertz CT molecular complexity index is 299. The van der Waals surface area contributed by atoms with Crippen molar-refractivity contribution >= 4 is 7.82 Å². The van der Waals surface area contributed by atoms with E-state index < -0.39 is 7.82 Å². The Morgan fingerprint density at radius 1 is 0.947 bits per heavy atom. The summed E-state index contributed by atoms with van der Waals surface area (Å²) in [6.45, 7) is 6.48. The molecule has 0 saturated heterocycles. The van der Waals surface area contributed by atoms with Gasteiger partial charge in [0.2, 0.25) is 0 Å². The molecule has 19 heavy (non-hydrogen) atoms. The molecule has 0 aromatic heterocycles. The number of phosphoric acid groups is 1. The zero-order valence-electron chi connectivity index (χ0n) is 12.4. The summed E-state index contributed by atoms with van der Waals surface area (Å²) >= 11 is 0. The van der Waals surface area contributed by atoms with Crippen LogP contribution in [0.4, 0.5) is 0 Å². The molecule has 0 bridgehead atoms. The minimum absolute atomic E-state index is 0.183. The summed E-state index contributed by atoms with van der Waals surface area (Å²) in [5, 5.41) is 0. The van der Waals surface area contributed by atoms with E-state index in [1.165, 1.54) is 25.7 Å². The van der Waals surface area contributed by atoms with Crippen LogP contribution in [0, 0.1) is 0 Å². The average Bonchev–Trinajstić information content (AvgIpc) is 2.37. The van der Waals surface area contributed by atoms with Crippen LogP contribution in [-0.4, -0.2) is 19.8 Å². The first kappa shape index (κ1) is 18.6. The van der Waals surface area contributed by atoms with E-state index in [0.717, 1.165) is 6.42 Å². The first-order valence-corrected chi connectivity index (χ1v) is 8.57. The fourth-order valence-electron chi connectivity index (χ4n) is 1.44. The zero-order chi connectivity index (χ0) is 14.4. The number of unbranched alkanes of at least 4 members (excludes halogenated alkanes) is 4. The first-order chi connectivity index (χ1) is 9.18. The lowest BCUT2D eigenvalue weighted by Crippen LogP contribution is -1.99. The van der Waals surface area contributed by atoms with Crippen molar-refractivity contribution in [1.29, 1.82) is 0 Å². The summed E-state index contributed by atoms with van der Waals surface area (Å²) < 4.78 is 27.0. The Morgan fingerprint density at radius 2 is 1.63 bits per heavy atom. The summed E-state index contributed by atoms with van der Waals surface area (Å²) in [5.41, 5.74) is 3.01. The molecule has 0 N–H and O–H groups in total. The van der Waals surface area contributed by atoms with E-state index >= 15 is 0 Å². The van der Waals surface area contributed by atoms with Crippen molar-refractivity contribution in [2.24, 2.45) is 0 Å². The Balaban J connectivity index is 3.85. The Morgan fingerprint density at radius 3 is 2.21 bits per heavy atom. The quantitative estimate of drug-likeness (QED) is 0.292. The second-order valence-electron chi connectivity index (χ2n) is 4.00. The van der Waals surface area contributed by atoms with Crippen LogP contribution in [-0.2, 0) is 18.1 Å². The molecule has 0 heterocycles. The SMILES string of the molecule is CCCCCCC=C=CCOP(=O)(OCC)OCC. The summed E-state index contributed by atoms with van der Waals surface area (Å²) in [6.07, 6.45) is 9.67. The smallest absolute Gasteiger partial charge is 0.287 e. The van der Waals surface area contributed by atoms with Gasteiger partial charge in [0, 0.05) is 0 Å². The van der Waals surface area contributed by atoms with Crippen molar-refractivity contribution in [3.63, 3.8) is 0 Å². The molecule has 0 unspecified atom stereocenters. The molecule has 0 saturated carbocycles. The highest BCUT2D eigenvalue weighted by atomic mass is 31.2. The number of hydrogen-bond donors (Lipinski definition) is 0. The Hall–Kier alpha value is -0.370. The van der Waals surface area contributed by atoms with E-state index in [1.54, 1.807) is 19.9 Å². The zero-order valence-corrected chi connectivity index (χ0v) is 13.3. The maximum absolute atomic E-state index is 11.9. The van der Waals surface area contributed by atoms with Gasteiger partial charge in [-0.2, -0.15) is 0 Å². The molecular weight excluding hydrogens is 263 g/mol. The van der Waals surface area contributed by atoms with Crippen molar-refractivity contribution in [3.05, 3.63) is 17.9 Å². The molecule has 0 fully saturated rings. The molecule has 0 spiro atoms. The van der Waals surface area contributed by atoms with Crippen LogP contribution < -0.4 is 0 Å². The third-order valence-electron chi connectivity index (χ3n) is 2.33. The Kier molecular flexibility index (Phi) is 12.4. The minimum atomic E-state index is -3.37. The highest BCUT2D eigenvalue weighted by Gasteiger charge is 2.24. The maximum atomic E-state index is 11.9. The molecule has 0 rings (SSSR count). The summed E-state index contributed by atoms with van der Waals surface area (Å²) in [6, 6.07) is 0. The van der Waals surface area contributed by atoms with Crippen molar-refractivity contribution in [1.82, 2.24) is 0 Å². The van der Waals surface area contributed by atoms with Crippen LogP contribution in [0.5, 0.6) is 0 Å². The van der Waals surface area contributed by atoms with Crippen LogP contribution in [0.25, 0.3) is 0 Å². The van der Waals surface area contributed by atoms with Gasteiger partial charge in [0.05, 0.1) is 19.8 Å². The summed E-state index contributed by atoms with van der Waals surface area (Å²) in [5.74, 6) is 0. The molecular formula is C14H27O4P. The van der Waals surface area contributed by atoms with Gasteiger partial charge in [-0.05, 0) is 38.8 Å². The third kappa shape index (κ3) is 11.2. The molecule has 0 amide bonds. The molecule has 112 valence electrons. The lowest BCUT2D eigenvalue weighted by molar-refractivity contribution is 0.131. The lowest BCUT2D eigenvalue weighted by atomic mass is 10.1. The van der Waals surface area contributed by atoms with Crippen molar-refractivity contribution < 1.29 is 18.1 Å². The second kappa shape index (κ2) is 12.7. The van der Waals surface area contributed by atoms with Gasteiger partial charge in [-0.3, -0.25) is 13.6 Å². The molecule has 0 aliphatic rings. The number of hydrogen-bond acceptors (Lipinski definition) is 4. The van der Waals surface area contributed by atoms with E-state index in [0.29, 0.717) is 13.2 Å². The first-order valence-electron chi connectivity index (χ1n) is 7.11. The predicted octanol–water partition coefficient (Wildman–Crippen LogP) is 4.87. The Labute approximate surface area is 117 Å². The highest BCUT2D eigenvalue weighted by Crippen LogP contribution is 2.48. The molecule has 0 aromatic rings. The van der Waals surface area contributed by atoms with E-state index in [9.17, 15) is 4.57 Å². The fourth-order valence-corrected chi connectivity index (χ4v) is 2.56. The van der Waals surface area contributed by atoms with Gasteiger partial charge >= 0.3 is 7.82 Å². The second-order valence-corrected chi connectivity index (χ2v) is 5.67. The van der Waals surface area contributed by atoms with Gasteiger partial charge in [0.25, 0.3) is 0 Å². The van der Waals surface area contributed by atoms with Crippen molar-refractivity contribution in [3.8, 4) is 0 Å². The molecule has 0 aliphatic carbocycles. The molecule has 5 heteroatoms. The summed E-state index contributed by atoms with van der Waals surface area (Å²) in [4.78, 5) is 0. The van der Waals surface area contributed by atoms with Crippen LogP contribution in [0.15, 0.2) is 17.9 Å². The van der Waals surface area contributed by atoms with Gasteiger partial charge in [0.1, 0.15) is 0 Å². The van der Waals surface area contributed by atoms with Gasteiger partial charge in [-0.1, -0.05) is 26.2 Å². The topological polar surface area (TPSA) is 44.8 Å². The van der Waals surface area contributed by atoms with E-state index in [1.807, 2.05) is 6.08 Å². The number of rotatable bonds is 12.